The minimum Gasteiger partial charge on any atom is -0.496 e. The van der Waals surface area contributed by atoms with Crippen LogP contribution in [0.3, 0.4) is 0 Å². The van der Waals surface area contributed by atoms with Crippen molar-refractivity contribution < 1.29 is 14.3 Å². The largest absolute Gasteiger partial charge is 0.496 e. The Balaban J connectivity index is 2.25. The topological polar surface area (TPSA) is 43.4 Å². The van der Waals surface area contributed by atoms with Gasteiger partial charge in [-0.25, -0.2) is 0 Å². The summed E-state index contributed by atoms with van der Waals surface area (Å²) < 4.78 is 5.50. The van der Waals surface area contributed by atoms with E-state index in [0.717, 1.165) is 12.8 Å². The maximum atomic E-state index is 11.9. The number of ether oxygens (including phenoxy) is 1. The summed E-state index contributed by atoms with van der Waals surface area (Å²) in [6.45, 7) is 4.26. The van der Waals surface area contributed by atoms with Crippen LogP contribution in [0.25, 0.3) is 0 Å². The summed E-state index contributed by atoms with van der Waals surface area (Å²) in [7, 11) is 0. The molecule has 82 valence electrons. The number of hydrogen-bond acceptors (Lipinski definition) is 3. The van der Waals surface area contributed by atoms with Crippen molar-refractivity contribution in [1.29, 1.82) is 0 Å². The molecule has 2 aliphatic rings. The van der Waals surface area contributed by atoms with Gasteiger partial charge in [0.25, 0.3) is 0 Å². The fraction of sp³-hybridized carbons (Fsp3) is 0.667. The van der Waals surface area contributed by atoms with Crippen molar-refractivity contribution in [1.82, 2.24) is 0 Å². The number of allylic oxidation sites excluding steroid dienone is 1. The number of fused-ring (bicyclic) bond motifs is 1. The zero-order chi connectivity index (χ0) is 11.0. The second-order valence-electron chi connectivity index (χ2n) is 4.82. The number of rotatable bonds is 1. The molecular formula is C12H16O3. The maximum Gasteiger partial charge on any atom is 0.176 e. The molecule has 1 aliphatic heterocycles. The fourth-order valence-electron chi connectivity index (χ4n) is 2.82. The van der Waals surface area contributed by atoms with Gasteiger partial charge in [-0.05, 0) is 24.7 Å². The second kappa shape index (κ2) is 3.80. The van der Waals surface area contributed by atoms with Crippen LogP contribution in [0.15, 0.2) is 11.8 Å². The van der Waals surface area contributed by atoms with Crippen LogP contribution in [0.4, 0.5) is 0 Å². The molecule has 1 fully saturated rings. The lowest BCUT2D eigenvalue weighted by atomic mass is 9.71. The van der Waals surface area contributed by atoms with E-state index in [1.54, 1.807) is 0 Å². The molecule has 0 saturated heterocycles. The first kappa shape index (κ1) is 10.4. The summed E-state index contributed by atoms with van der Waals surface area (Å²) in [4.78, 5) is 22.5. The molecule has 2 rings (SSSR count). The number of carbonyl (C=O) groups excluding carboxylic acids is 2. The van der Waals surface area contributed by atoms with Crippen LogP contribution in [0.1, 0.15) is 26.7 Å². The Morgan fingerprint density at radius 3 is 2.80 bits per heavy atom. The average molecular weight is 208 g/mol. The first-order valence-electron chi connectivity index (χ1n) is 5.48. The molecule has 4 atom stereocenters. The van der Waals surface area contributed by atoms with Crippen molar-refractivity contribution in [3.63, 3.8) is 0 Å². The predicted molar refractivity (Wildman–Crippen MR) is 55.1 cm³/mol. The molecule has 4 unspecified atom stereocenters. The molecule has 3 nitrogen and oxygen atoms in total. The molecular weight excluding hydrogens is 192 g/mol. The highest BCUT2D eigenvalue weighted by molar-refractivity contribution is 6.13. The van der Waals surface area contributed by atoms with Crippen molar-refractivity contribution in [3.8, 4) is 0 Å². The molecule has 0 aromatic rings. The number of carbonyl (C=O) groups is 2. The van der Waals surface area contributed by atoms with E-state index in [9.17, 15) is 9.59 Å². The van der Waals surface area contributed by atoms with Gasteiger partial charge < -0.3 is 4.74 Å². The summed E-state index contributed by atoms with van der Waals surface area (Å²) in [6.07, 6.45) is 3.86. The monoisotopic (exact) mass is 208 g/mol. The summed E-state index contributed by atoms with van der Waals surface area (Å²) in [5, 5.41) is 0. The molecule has 1 saturated carbocycles. The fourth-order valence-corrected chi connectivity index (χ4v) is 2.82. The minimum absolute atomic E-state index is 0.0163. The molecule has 0 aromatic heterocycles. The van der Waals surface area contributed by atoms with E-state index >= 15 is 0 Å². The second-order valence-corrected chi connectivity index (χ2v) is 4.82. The van der Waals surface area contributed by atoms with E-state index < -0.39 is 0 Å². The first-order chi connectivity index (χ1) is 7.13. The molecule has 3 heteroatoms. The highest BCUT2D eigenvalue weighted by Gasteiger charge is 2.42. The number of Topliss-reactive ketones (excluding diaryl/α,β-unsaturated/α-hetero) is 1. The van der Waals surface area contributed by atoms with Crippen molar-refractivity contribution >= 4 is 12.1 Å². The van der Waals surface area contributed by atoms with Crippen molar-refractivity contribution in [2.75, 3.05) is 0 Å². The van der Waals surface area contributed by atoms with Crippen LogP contribution in [0, 0.1) is 17.8 Å². The molecule has 0 amide bonds. The lowest BCUT2D eigenvalue weighted by Crippen LogP contribution is -2.43. The molecule has 0 aromatic carbocycles. The van der Waals surface area contributed by atoms with E-state index in [1.165, 1.54) is 6.26 Å². The van der Waals surface area contributed by atoms with Gasteiger partial charge in [0.1, 0.15) is 6.10 Å². The number of ketones is 1. The van der Waals surface area contributed by atoms with E-state index in [0.29, 0.717) is 18.1 Å². The molecule has 1 aliphatic carbocycles. The lowest BCUT2D eigenvalue weighted by molar-refractivity contribution is -0.132. The third-order valence-electron chi connectivity index (χ3n) is 3.49. The third-order valence-corrected chi connectivity index (χ3v) is 3.49. The van der Waals surface area contributed by atoms with Gasteiger partial charge in [-0.15, -0.1) is 0 Å². The summed E-state index contributed by atoms with van der Waals surface area (Å²) in [5.41, 5.74) is 0.192. The van der Waals surface area contributed by atoms with Crippen LogP contribution < -0.4 is 0 Å². The molecule has 0 bridgehead atoms. The Hall–Kier alpha value is -1.12. The number of hydrogen-bond donors (Lipinski definition) is 0. The molecule has 0 radical (unpaired) electrons. The van der Waals surface area contributed by atoms with E-state index in [1.807, 2.05) is 0 Å². The van der Waals surface area contributed by atoms with E-state index in [-0.39, 0.29) is 23.4 Å². The van der Waals surface area contributed by atoms with Crippen LogP contribution in [0.5, 0.6) is 0 Å². The third kappa shape index (κ3) is 1.71. The van der Waals surface area contributed by atoms with Crippen LogP contribution in [0.2, 0.25) is 0 Å². The van der Waals surface area contributed by atoms with Gasteiger partial charge in [0.15, 0.2) is 12.1 Å². The average Bonchev–Trinajstić information content (AvgIpc) is 2.19. The van der Waals surface area contributed by atoms with E-state index in [2.05, 4.69) is 13.8 Å². The van der Waals surface area contributed by atoms with Gasteiger partial charge in [-0.3, -0.25) is 9.59 Å². The highest BCUT2D eigenvalue weighted by Crippen LogP contribution is 2.38. The van der Waals surface area contributed by atoms with Crippen molar-refractivity contribution in [2.45, 2.75) is 32.8 Å². The van der Waals surface area contributed by atoms with Crippen molar-refractivity contribution in [3.05, 3.63) is 11.8 Å². The maximum absolute atomic E-state index is 11.9. The minimum atomic E-state index is -0.103. The Morgan fingerprint density at radius 2 is 2.13 bits per heavy atom. The predicted octanol–water partition coefficient (Wildman–Crippen LogP) is 1.72. The summed E-state index contributed by atoms with van der Waals surface area (Å²) >= 11 is 0. The zero-order valence-electron chi connectivity index (χ0n) is 9.10. The molecule has 15 heavy (non-hydrogen) atoms. The SMILES string of the molecule is CC1CC(C)C2OC=C(C=O)C(=O)C2C1. The molecule has 1 heterocycles. The van der Waals surface area contributed by atoms with Gasteiger partial charge in [-0.1, -0.05) is 13.8 Å². The van der Waals surface area contributed by atoms with E-state index in [4.69, 9.17) is 4.74 Å². The van der Waals surface area contributed by atoms with Gasteiger partial charge in [0.2, 0.25) is 0 Å². The smallest absolute Gasteiger partial charge is 0.176 e. The lowest BCUT2D eigenvalue weighted by Gasteiger charge is -2.40. The van der Waals surface area contributed by atoms with Crippen molar-refractivity contribution in [2.24, 2.45) is 17.8 Å². The first-order valence-corrected chi connectivity index (χ1v) is 5.48. The molecule has 0 spiro atoms. The van der Waals surface area contributed by atoms with Gasteiger partial charge >= 0.3 is 0 Å². The Labute approximate surface area is 89.5 Å². The van der Waals surface area contributed by atoms with Crippen LogP contribution in [-0.4, -0.2) is 18.2 Å². The standard InChI is InChI=1S/C12H16O3/c1-7-3-8(2)12-10(4-7)11(14)9(5-13)6-15-12/h5-8,10,12H,3-4H2,1-2H3. The van der Waals surface area contributed by atoms with Crippen LogP contribution in [-0.2, 0) is 14.3 Å². The van der Waals surface area contributed by atoms with Crippen LogP contribution >= 0.6 is 0 Å². The molecule has 0 N–H and O–H groups in total. The Morgan fingerprint density at radius 1 is 1.40 bits per heavy atom. The summed E-state index contributed by atoms with van der Waals surface area (Å²) in [5.74, 6) is 0.806. The highest BCUT2D eigenvalue weighted by atomic mass is 16.5. The quantitative estimate of drug-likeness (QED) is 0.487. The normalized spacial score (nSPS) is 40.1. The van der Waals surface area contributed by atoms with Gasteiger partial charge in [0.05, 0.1) is 17.8 Å². The summed E-state index contributed by atoms with van der Waals surface area (Å²) in [6, 6.07) is 0. The van der Waals surface area contributed by atoms with Gasteiger partial charge in [-0.2, -0.15) is 0 Å². The Kier molecular flexibility index (Phi) is 2.63. The zero-order valence-corrected chi connectivity index (χ0v) is 9.10. The van der Waals surface area contributed by atoms with Gasteiger partial charge in [0, 0.05) is 0 Å². The number of aldehydes is 1. The Bertz CT molecular complexity index is 319.